The van der Waals surface area contributed by atoms with Crippen LogP contribution in [-0.4, -0.2) is 30.2 Å². The largest absolute Gasteiger partial charge is 0.496 e. The van der Waals surface area contributed by atoms with Gasteiger partial charge in [-0.05, 0) is 39.0 Å². The van der Waals surface area contributed by atoms with Gasteiger partial charge in [0.05, 0.1) is 25.5 Å². The fraction of sp³-hybridized carbons (Fsp3) is 0.333. The highest BCUT2D eigenvalue weighted by Gasteiger charge is 2.22. The van der Waals surface area contributed by atoms with Gasteiger partial charge in [0.15, 0.2) is 0 Å². The summed E-state index contributed by atoms with van der Waals surface area (Å²) in [5, 5.41) is 13.0. The molecule has 24 heavy (non-hydrogen) atoms. The number of amides is 1. The van der Waals surface area contributed by atoms with Crippen molar-refractivity contribution in [3.05, 3.63) is 47.3 Å². The molecule has 0 saturated heterocycles. The zero-order chi connectivity index (χ0) is 17.9. The second-order valence-electron chi connectivity index (χ2n) is 5.94. The number of anilines is 1. The molecule has 0 saturated carbocycles. The van der Waals surface area contributed by atoms with E-state index in [1.165, 1.54) is 6.20 Å². The molecule has 0 aliphatic carbocycles. The fourth-order valence-electron chi connectivity index (χ4n) is 2.40. The van der Waals surface area contributed by atoms with Gasteiger partial charge in [0.2, 0.25) is 0 Å². The van der Waals surface area contributed by atoms with Crippen LogP contribution in [0.3, 0.4) is 0 Å². The molecule has 1 amide bonds. The smallest absolute Gasteiger partial charge is 0.255 e. The Hall–Kier alpha value is -2.60. The van der Waals surface area contributed by atoms with Crippen LogP contribution in [0.4, 0.5) is 5.69 Å². The van der Waals surface area contributed by atoms with Gasteiger partial charge < -0.3 is 19.9 Å². The number of carbonyl (C=O) groups excluding carboxylic acids is 1. The van der Waals surface area contributed by atoms with Crippen LogP contribution in [0.1, 0.15) is 35.3 Å². The van der Waals surface area contributed by atoms with E-state index in [4.69, 9.17) is 9.47 Å². The van der Waals surface area contributed by atoms with E-state index < -0.39 is 5.60 Å². The predicted molar refractivity (Wildman–Crippen MR) is 91.7 cm³/mol. The second-order valence-corrected chi connectivity index (χ2v) is 5.94. The van der Waals surface area contributed by atoms with Crippen LogP contribution >= 0.6 is 0 Å². The zero-order valence-electron chi connectivity index (χ0n) is 14.5. The monoisotopic (exact) mass is 330 g/mol. The standard InChI is InChI=1S/C18H22N2O4/c1-11-15(23-4)8-12(9-16(11)24-5)17(21)20-14-6-7-19-10-13(14)18(2,3)22/h6-10,22H,1-5H3,(H,19,20,21). The summed E-state index contributed by atoms with van der Waals surface area (Å²) >= 11 is 0. The minimum atomic E-state index is -1.13. The second kappa shape index (κ2) is 6.88. The van der Waals surface area contributed by atoms with E-state index in [9.17, 15) is 9.90 Å². The molecule has 1 heterocycles. The summed E-state index contributed by atoms with van der Waals surface area (Å²) < 4.78 is 10.6. The molecule has 0 fully saturated rings. The molecule has 2 rings (SSSR count). The van der Waals surface area contributed by atoms with Gasteiger partial charge in [-0.1, -0.05) is 0 Å². The van der Waals surface area contributed by atoms with Crippen molar-refractivity contribution < 1.29 is 19.4 Å². The predicted octanol–water partition coefficient (Wildman–Crippen LogP) is 2.89. The van der Waals surface area contributed by atoms with Crippen molar-refractivity contribution in [2.24, 2.45) is 0 Å². The van der Waals surface area contributed by atoms with Gasteiger partial charge in [0, 0.05) is 29.1 Å². The Balaban J connectivity index is 2.38. The first-order valence-electron chi connectivity index (χ1n) is 7.48. The number of methoxy groups -OCH3 is 2. The van der Waals surface area contributed by atoms with E-state index in [0.29, 0.717) is 28.3 Å². The van der Waals surface area contributed by atoms with E-state index in [1.807, 2.05) is 6.92 Å². The Bertz CT molecular complexity index is 726. The highest BCUT2D eigenvalue weighted by molar-refractivity contribution is 6.05. The number of hydrogen-bond donors (Lipinski definition) is 2. The van der Waals surface area contributed by atoms with Gasteiger partial charge >= 0.3 is 0 Å². The van der Waals surface area contributed by atoms with E-state index in [1.54, 1.807) is 52.5 Å². The molecule has 0 aliphatic rings. The minimum absolute atomic E-state index is 0.330. The van der Waals surface area contributed by atoms with Crippen LogP contribution < -0.4 is 14.8 Å². The number of benzene rings is 1. The minimum Gasteiger partial charge on any atom is -0.496 e. The van der Waals surface area contributed by atoms with E-state index in [2.05, 4.69) is 10.3 Å². The lowest BCUT2D eigenvalue weighted by Crippen LogP contribution is -2.21. The van der Waals surface area contributed by atoms with Crippen molar-refractivity contribution in [1.29, 1.82) is 0 Å². The van der Waals surface area contributed by atoms with Crippen molar-refractivity contribution in [3.8, 4) is 11.5 Å². The number of aliphatic hydroxyl groups is 1. The Morgan fingerprint density at radius 2 is 1.79 bits per heavy atom. The summed E-state index contributed by atoms with van der Waals surface area (Å²) in [5.41, 5.74) is 1.12. The van der Waals surface area contributed by atoms with Crippen LogP contribution in [0.15, 0.2) is 30.6 Å². The number of hydrogen-bond acceptors (Lipinski definition) is 5. The summed E-state index contributed by atoms with van der Waals surface area (Å²) in [5.74, 6) is 0.803. The van der Waals surface area contributed by atoms with E-state index >= 15 is 0 Å². The van der Waals surface area contributed by atoms with E-state index in [0.717, 1.165) is 5.56 Å². The van der Waals surface area contributed by atoms with Gasteiger partial charge in [-0.25, -0.2) is 0 Å². The highest BCUT2D eigenvalue weighted by Crippen LogP contribution is 2.31. The molecule has 0 atom stereocenters. The quantitative estimate of drug-likeness (QED) is 0.881. The maximum Gasteiger partial charge on any atom is 0.255 e. The van der Waals surface area contributed by atoms with Crippen LogP contribution in [0.25, 0.3) is 0 Å². The third kappa shape index (κ3) is 3.65. The van der Waals surface area contributed by atoms with Gasteiger partial charge in [-0.2, -0.15) is 0 Å². The molecule has 2 N–H and O–H groups in total. The third-order valence-electron chi connectivity index (χ3n) is 3.74. The third-order valence-corrected chi connectivity index (χ3v) is 3.74. The molecule has 1 aromatic heterocycles. The molecule has 128 valence electrons. The zero-order valence-corrected chi connectivity index (χ0v) is 14.5. The number of pyridine rings is 1. The van der Waals surface area contributed by atoms with Gasteiger partial charge in [-0.3, -0.25) is 9.78 Å². The van der Waals surface area contributed by atoms with Crippen LogP contribution in [0.2, 0.25) is 0 Å². The van der Waals surface area contributed by atoms with Crippen LogP contribution in [0, 0.1) is 6.92 Å². The lowest BCUT2D eigenvalue weighted by molar-refractivity contribution is 0.0789. The Kier molecular flexibility index (Phi) is 5.09. The highest BCUT2D eigenvalue weighted by atomic mass is 16.5. The molecule has 6 heteroatoms. The van der Waals surface area contributed by atoms with Gasteiger partial charge in [0.1, 0.15) is 11.5 Å². The van der Waals surface area contributed by atoms with Crippen molar-refractivity contribution in [2.75, 3.05) is 19.5 Å². The molecular formula is C18H22N2O4. The molecule has 0 radical (unpaired) electrons. The SMILES string of the molecule is COc1cc(C(=O)Nc2ccncc2C(C)(C)O)cc(OC)c1C. The van der Waals surface area contributed by atoms with Crippen LogP contribution in [-0.2, 0) is 5.60 Å². The first-order valence-corrected chi connectivity index (χ1v) is 7.48. The summed E-state index contributed by atoms with van der Waals surface area (Å²) in [7, 11) is 3.08. The lowest BCUT2D eigenvalue weighted by Gasteiger charge is -2.21. The maximum atomic E-state index is 12.6. The number of carbonyl (C=O) groups is 1. The number of nitrogens with zero attached hydrogens (tertiary/aromatic N) is 1. The summed E-state index contributed by atoms with van der Waals surface area (Å²) in [6.07, 6.45) is 3.09. The molecule has 0 aliphatic heterocycles. The number of nitrogens with one attached hydrogen (secondary N) is 1. The average molecular weight is 330 g/mol. The average Bonchev–Trinajstić information content (AvgIpc) is 2.54. The normalized spacial score (nSPS) is 11.1. The molecule has 0 spiro atoms. The molecule has 2 aromatic rings. The van der Waals surface area contributed by atoms with Gasteiger partial charge in [0.25, 0.3) is 5.91 Å². The fourth-order valence-corrected chi connectivity index (χ4v) is 2.40. The molecule has 1 aromatic carbocycles. The Morgan fingerprint density at radius 1 is 1.21 bits per heavy atom. The summed E-state index contributed by atoms with van der Waals surface area (Å²) in [6.45, 7) is 5.13. The van der Waals surface area contributed by atoms with E-state index in [-0.39, 0.29) is 5.91 Å². The molecule has 0 unspecified atom stereocenters. The van der Waals surface area contributed by atoms with Crippen molar-refractivity contribution in [3.63, 3.8) is 0 Å². The Labute approximate surface area is 141 Å². The maximum absolute atomic E-state index is 12.6. The number of ether oxygens (including phenoxy) is 2. The Morgan fingerprint density at radius 3 is 2.29 bits per heavy atom. The first-order chi connectivity index (χ1) is 11.3. The van der Waals surface area contributed by atoms with Crippen molar-refractivity contribution in [2.45, 2.75) is 26.4 Å². The topological polar surface area (TPSA) is 80.7 Å². The lowest BCUT2D eigenvalue weighted by atomic mass is 9.98. The van der Waals surface area contributed by atoms with Gasteiger partial charge in [-0.15, -0.1) is 0 Å². The van der Waals surface area contributed by atoms with Crippen molar-refractivity contribution >= 4 is 11.6 Å². The summed E-state index contributed by atoms with van der Waals surface area (Å²) in [4.78, 5) is 16.6. The molecule has 0 bridgehead atoms. The molecular weight excluding hydrogens is 308 g/mol. The van der Waals surface area contributed by atoms with Crippen molar-refractivity contribution in [1.82, 2.24) is 4.98 Å². The first kappa shape index (κ1) is 17.7. The number of aromatic nitrogens is 1. The van der Waals surface area contributed by atoms with Crippen LogP contribution in [0.5, 0.6) is 11.5 Å². The summed E-state index contributed by atoms with van der Waals surface area (Å²) in [6, 6.07) is 4.95. The molecule has 6 nitrogen and oxygen atoms in total. The number of rotatable bonds is 5.